The van der Waals surface area contributed by atoms with E-state index in [1.54, 1.807) is 86.7 Å². The molecular formula is C51H87N5O15S. The molecule has 1 aromatic carbocycles. The second kappa shape index (κ2) is 24.4. The Balaban J connectivity index is 1.62. The van der Waals surface area contributed by atoms with Crippen LogP contribution >= 0.6 is 0 Å². The van der Waals surface area contributed by atoms with Crippen LogP contribution in [0.25, 0.3) is 0 Å². The van der Waals surface area contributed by atoms with Gasteiger partial charge in [0.2, 0.25) is 5.16 Å². The molecule has 1 aromatic heterocycles. The van der Waals surface area contributed by atoms with Crippen molar-refractivity contribution in [1.29, 1.82) is 0 Å². The van der Waals surface area contributed by atoms with E-state index < -0.39 is 118 Å². The van der Waals surface area contributed by atoms with E-state index in [1.165, 1.54) is 42.4 Å². The molecule has 0 spiro atoms. The number of rotatable bonds is 16. The number of aliphatic hydroxyl groups excluding tert-OH is 2. The fourth-order valence-electron chi connectivity index (χ4n) is 11.0. The predicted molar refractivity (Wildman–Crippen MR) is 267 cm³/mol. The Bertz CT molecular complexity index is 2150. The summed E-state index contributed by atoms with van der Waals surface area (Å²) in [6.45, 7) is 19.8. The average molecular weight is 1040 g/mol. The van der Waals surface area contributed by atoms with Gasteiger partial charge in [0.25, 0.3) is 10.0 Å². The highest BCUT2D eigenvalue weighted by atomic mass is 32.2. The predicted octanol–water partition coefficient (Wildman–Crippen LogP) is 3.00. The number of nitrogens with one attached hydrogen (secondary N) is 2. The number of carbonyl (C=O) groups excluding carboxylic acids is 1. The lowest BCUT2D eigenvalue weighted by Gasteiger charge is -2.53. The van der Waals surface area contributed by atoms with Gasteiger partial charge in [-0.25, -0.2) is 13.4 Å². The molecule has 0 bridgehead atoms. The monoisotopic (exact) mass is 1040 g/mol. The largest absolute Gasteiger partial charge is 0.497 e. The third-order valence-corrected chi connectivity index (χ3v) is 17.4. The van der Waals surface area contributed by atoms with Crippen LogP contribution in [0.1, 0.15) is 114 Å². The highest BCUT2D eigenvalue weighted by Gasteiger charge is 2.58. The molecule has 72 heavy (non-hydrogen) atoms. The first-order valence-corrected chi connectivity index (χ1v) is 27.0. The minimum atomic E-state index is -4.41. The van der Waals surface area contributed by atoms with Crippen LogP contribution < -0.4 is 15.4 Å². The van der Waals surface area contributed by atoms with Crippen molar-refractivity contribution in [3.63, 3.8) is 0 Å². The number of imidazole rings is 1. The van der Waals surface area contributed by atoms with Gasteiger partial charge in [-0.15, -0.1) is 0 Å². The molecule has 20 nitrogen and oxygen atoms in total. The molecule has 0 saturated carbocycles. The molecular weight excluding hydrogens is 955 g/mol. The number of esters is 1. The van der Waals surface area contributed by atoms with Crippen LogP contribution in [0.4, 0.5) is 0 Å². The number of ether oxygens (including phenoxy) is 7. The van der Waals surface area contributed by atoms with Crippen molar-refractivity contribution < 1.29 is 71.9 Å². The van der Waals surface area contributed by atoms with Crippen molar-refractivity contribution >= 4 is 16.0 Å². The fourth-order valence-corrected chi connectivity index (χ4v) is 12.7. The first-order valence-electron chi connectivity index (χ1n) is 25.6. The molecule has 0 radical (unpaired) electrons. The molecule has 412 valence electrons. The molecule has 0 unspecified atom stereocenters. The van der Waals surface area contributed by atoms with Gasteiger partial charge in [-0.3, -0.25) is 4.79 Å². The topological polar surface area (TPSA) is 262 Å². The molecule has 5 rings (SSSR count). The number of sulfonamides is 1. The first kappa shape index (κ1) is 60.0. The molecule has 0 aliphatic carbocycles. The summed E-state index contributed by atoms with van der Waals surface area (Å²) in [6, 6.07) is 5.08. The minimum Gasteiger partial charge on any atom is -0.497 e. The zero-order chi connectivity index (χ0) is 53.7. The Morgan fingerprint density at radius 3 is 2.22 bits per heavy atom. The maximum atomic E-state index is 14.7. The van der Waals surface area contributed by atoms with Gasteiger partial charge in [-0.1, -0.05) is 39.8 Å². The number of benzene rings is 1. The van der Waals surface area contributed by atoms with Crippen LogP contribution in [0.15, 0.2) is 41.8 Å². The molecule has 3 fully saturated rings. The van der Waals surface area contributed by atoms with Gasteiger partial charge < -0.3 is 73.9 Å². The van der Waals surface area contributed by atoms with Gasteiger partial charge in [-0.05, 0) is 111 Å². The number of aliphatic hydroxyl groups is 5. The number of cyclic esters (lactones) is 1. The summed E-state index contributed by atoms with van der Waals surface area (Å²) in [7, 11) is 0.185. The standard InChI is InChI=1S/C51H87N5O15S/c1-15-21-52-29-51(62)35(8)68-40(26-49(51,10)66-14)70-42-32(5)44(48(9,60)25-30(3)27-54-34(7)43(58)50(11,61)39(16-2)69-45(59)33(42)6)71-46-41(57)38(24-31(4)67-46)56(28-36-17-19-37(65-13)20-18-36)72(63,64)47-53-22-23-55(47)12/h17-20,22-23,30-35,38-44,46,52,54,57-58,60-62H,15-16,21,24-29H2,1-14H3/t30-,31-,32+,33-,34-,35+,38+,39-,40+,41-,42+,43-,44-,46+,48-,49-,50-,51+/m1/s1. The fraction of sp³-hybridized carbons (Fsp3) is 0.804. The summed E-state index contributed by atoms with van der Waals surface area (Å²) >= 11 is 0. The molecule has 3 aliphatic heterocycles. The zero-order valence-corrected chi connectivity index (χ0v) is 45.8. The first-order chi connectivity index (χ1) is 33.6. The Morgan fingerprint density at radius 1 is 0.972 bits per heavy atom. The second-order valence-corrected chi connectivity index (χ2v) is 23.2. The van der Waals surface area contributed by atoms with Crippen LogP contribution in [0.3, 0.4) is 0 Å². The molecule has 7 N–H and O–H groups in total. The molecule has 3 saturated heterocycles. The smallest absolute Gasteiger partial charge is 0.311 e. The lowest BCUT2D eigenvalue weighted by atomic mass is 9.75. The van der Waals surface area contributed by atoms with Crippen molar-refractivity contribution in [2.75, 3.05) is 33.9 Å². The zero-order valence-electron chi connectivity index (χ0n) is 45.0. The van der Waals surface area contributed by atoms with E-state index in [0.717, 1.165) is 6.42 Å². The van der Waals surface area contributed by atoms with Gasteiger partial charge in [-0.2, -0.15) is 4.31 Å². The van der Waals surface area contributed by atoms with Crippen molar-refractivity contribution in [2.24, 2.45) is 24.8 Å². The van der Waals surface area contributed by atoms with Gasteiger partial charge in [0.05, 0.1) is 49.1 Å². The van der Waals surface area contributed by atoms with E-state index in [4.69, 9.17) is 33.2 Å². The van der Waals surface area contributed by atoms with Gasteiger partial charge in [0.1, 0.15) is 40.9 Å². The maximum absolute atomic E-state index is 14.7. The third-order valence-electron chi connectivity index (χ3n) is 15.5. The highest BCUT2D eigenvalue weighted by molar-refractivity contribution is 7.89. The summed E-state index contributed by atoms with van der Waals surface area (Å²) in [5.74, 6) is -2.67. The van der Waals surface area contributed by atoms with E-state index >= 15 is 0 Å². The van der Waals surface area contributed by atoms with Crippen molar-refractivity contribution in [1.82, 2.24) is 24.5 Å². The van der Waals surface area contributed by atoms with Crippen molar-refractivity contribution in [3.8, 4) is 5.75 Å². The number of aromatic nitrogens is 2. The number of hydrogen-bond acceptors (Lipinski definition) is 18. The van der Waals surface area contributed by atoms with Gasteiger partial charge >= 0.3 is 5.97 Å². The molecule has 4 heterocycles. The Kier molecular flexibility index (Phi) is 20.3. The highest BCUT2D eigenvalue weighted by Crippen LogP contribution is 2.43. The Morgan fingerprint density at radius 2 is 1.64 bits per heavy atom. The number of hydrogen-bond donors (Lipinski definition) is 7. The minimum absolute atomic E-state index is 0.00226. The summed E-state index contributed by atoms with van der Waals surface area (Å²) in [5, 5.41) is 67.4. The summed E-state index contributed by atoms with van der Waals surface area (Å²) < 4.78 is 76.3. The third kappa shape index (κ3) is 13.0. The van der Waals surface area contributed by atoms with E-state index in [1.807, 2.05) is 13.8 Å². The Labute approximate surface area is 427 Å². The van der Waals surface area contributed by atoms with Crippen LogP contribution in [0, 0.1) is 17.8 Å². The molecule has 0 amide bonds. The molecule has 2 aromatic rings. The van der Waals surface area contributed by atoms with E-state index in [-0.39, 0.29) is 56.4 Å². The van der Waals surface area contributed by atoms with Crippen LogP contribution in [-0.4, -0.2) is 177 Å². The quantitative estimate of drug-likeness (QED) is 0.0942. The SMILES string of the molecule is CCCNC[C@]1(O)[C@H](C)O[C@@H](O[C@H]2[C@H](C)[C@@H](O[C@@H]3O[C@H](C)C[C@H](N(Cc4ccc(OC)cc4)S(=O)(=O)c4nccn4C)[C@H]3O)[C@](C)(O)C[C@@H](C)CN[C@H](C)[C@@H](O)[C@](C)(O)[C@@H](CC)OC(=O)[C@@H]2C)C[C@@]1(C)OC. The average Bonchev–Trinajstić information content (AvgIpc) is 3.78. The van der Waals surface area contributed by atoms with E-state index in [0.29, 0.717) is 17.9 Å². The number of nitrogens with zero attached hydrogens (tertiary/aromatic N) is 3. The van der Waals surface area contributed by atoms with Crippen LogP contribution in [0.5, 0.6) is 5.75 Å². The summed E-state index contributed by atoms with van der Waals surface area (Å²) in [5.41, 5.74) is -5.83. The van der Waals surface area contributed by atoms with Crippen molar-refractivity contribution in [3.05, 3.63) is 42.2 Å². The molecule has 21 heteroatoms. The lowest BCUT2D eigenvalue weighted by Crippen LogP contribution is -2.70. The second-order valence-electron chi connectivity index (χ2n) is 21.4. The summed E-state index contributed by atoms with van der Waals surface area (Å²) in [4.78, 5) is 18.8. The van der Waals surface area contributed by atoms with Gasteiger partial charge in [0, 0.05) is 58.0 Å². The number of carbonyl (C=O) groups is 1. The maximum Gasteiger partial charge on any atom is 0.311 e. The lowest BCUT2D eigenvalue weighted by molar-refractivity contribution is -0.336. The Hall–Kier alpha value is -2.87. The number of methoxy groups -OCH3 is 2. The van der Waals surface area contributed by atoms with Gasteiger partial charge in [0.15, 0.2) is 12.6 Å². The van der Waals surface area contributed by atoms with Crippen LogP contribution in [-0.2, 0) is 56.8 Å². The summed E-state index contributed by atoms with van der Waals surface area (Å²) in [6.07, 6.45) is -6.94. The van der Waals surface area contributed by atoms with Crippen LogP contribution in [0.2, 0.25) is 0 Å². The van der Waals surface area contributed by atoms with Crippen molar-refractivity contribution in [2.45, 2.75) is 210 Å². The van der Waals surface area contributed by atoms with E-state index in [9.17, 15) is 38.7 Å². The molecule has 3 aliphatic rings. The molecule has 18 atom stereocenters. The van der Waals surface area contributed by atoms with E-state index in [2.05, 4.69) is 15.6 Å². The normalized spacial score (nSPS) is 40.0. The number of aryl methyl sites for hydroxylation is 1.